The Kier molecular flexibility index (Phi) is 3.61. The molecule has 1 aromatic carbocycles. The van der Waals surface area contributed by atoms with Crippen molar-refractivity contribution in [2.24, 2.45) is 0 Å². The highest BCUT2D eigenvalue weighted by Crippen LogP contribution is 2.28. The third kappa shape index (κ3) is 2.90. The number of benzene rings is 1. The topological polar surface area (TPSA) is 75.1 Å². The van der Waals surface area contributed by atoms with Gasteiger partial charge in [0.05, 0.1) is 11.3 Å². The van der Waals surface area contributed by atoms with Crippen molar-refractivity contribution in [2.75, 3.05) is 5.32 Å². The molecule has 3 rings (SSSR count). The molecule has 0 fully saturated rings. The molecule has 0 aliphatic carbocycles. The molecule has 6 heteroatoms. The van der Waals surface area contributed by atoms with E-state index in [0.29, 0.717) is 11.6 Å². The van der Waals surface area contributed by atoms with E-state index < -0.39 is 5.97 Å². The molecule has 0 aliphatic rings. The number of thiophene rings is 1. The predicted molar refractivity (Wildman–Crippen MR) is 82.0 cm³/mol. The average Bonchev–Trinajstić information content (AvgIpc) is 3.03. The van der Waals surface area contributed by atoms with E-state index in [4.69, 9.17) is 0 Å². The number of aromatic carboxylic acids is 1. The van der Waals surface area contributed by atoms with Crippen molar-refractivity contribution in [1.29, 1.82) is 0 Å². The zero-order valence-corrected chi connectivity index (χ0v) is 11.7. The summed E-state index contributed by atoms with van der Waals surface area (Å²) in [5, 5.41) is 16.3. The summed E-state index contributed by atoms with van der Waals surface area (Å²) in [4.78, 5) is 19.5. The quantitative estimate of drug-likeness (QED) is 0.769. The van der Waals surface area contributed by atoms with Crippen LogP contribution < -0.4 is 5.32 Å². The number of aromatic nitrogens is 2. The largest absolute Gasteiger partial charge is 0.478 e. The first-order chi connectivity index (χ1) is 10.2. The van der Waals surface area contributed by atoms with Crippen molar-refractivity contribution in [2.45, 2.75) is 0 Å². The van der Waals surface area contributed by atoms with E-state index in [1.54, 1.807) is 41.9 Å². The fraction of sp³-hybridized carbons (Fsp3) is 0. The number of hydrogen-bond acceptors (Lipinski definition) is 5. The van der Waals surface area contributed by atoms with Crippen LogP contribution in [-0.2, 0) is 0 Å². The van der Waals surface area contributed by atoms with Crippen LogP contribution in [0.3, 0.4) is 0 Å². The maximum atomic E-state index is 11.5. The average molecular weight is 297 g/mol. The van der Waals surface area contributed by atoms with Gasteiger partial charge in [-0.25, -0.2) is 14.8 Å². The van der Waals surface area contributed by atoms with Crippen molar-refractivity contribution in [1.82, 2.24) is 9.97 Å². The van der Waals surface area contributed by atoms with Gasteiger partial charge in [0.2, 0.25) is 5.95 Å². The molecular formula is C15H11N3O2S. The minimum atomic E-state index is -0.995. The van der Waals surface area contributed by atoms with Crippen LogP contribution in [-0.4, -0.2) is 21.0 Å². The van der Waals surface area contributed by atoms with Crippen LogP contribution in [0.5, 0.6) is 0 Å². The van der Waals surface area contributed by atoms with Gasteiger partial charge in [0, 0.05) is 12.4 Å². The van der Waals surface area contributed by atoms with E-state index >= 15 is 0 Å². The summed E-state index contributed by atoms with van der Waals surface area (Å²) >= 11 is 1.57. The molecule has 0 unspecified atom stereocenters. The smallest absolute Gasteiger partial charge is 0.337 e. The van der Waals surface area contributed by atoms with Crippen molar-refractivity contribution in [3.63, 3.8) is 0 Å². The Labute approximate surface area is 124 Å². The van der Waals surface area contributed by atoms with Gasteiger partial charge in [-0.2, -0.15) is 11.3 Å². The molecule has 104 valence electrons. The first-order valence-electron chi connectivity index (χ1n) is 6.18. The lowest BCUT2D eigenvalue weighted by atomic mass is 10.0. The van der Waals surface area contributed by atoms with Gasteiger partial charge in [-0.05, 0) is 46.2 Å². The molecule has 0 bridgehead atoms. The van der Waals surface area contributed by atoms with E-state index in [2.05, 4.69) is 15.3 Å². The summed E-state index contributed by atoms with van der Waals surface area (Å²) in [7, 11) is 0. The molecule has 5 nitrogen and oxygen atoms in total. The monoisotopic (exact) mass is 297 g/mol. The van der Waals surface area contributed by atoms with Crippen molar-refractivity contribution < 1.29 is 9.90 Å². The second kappa shape index (κ2) is 5.72. The zero-order chi connectivity index (χ0) is 14.7. The van der Waals surface area contributed by atoms with E-state index in [1.165, 1.54) is 0 Å². The van der Waals surface area contributed by atoms with E-state index in [9.17, 15) is 9.90 Å². The zero-order valence-electron chi connectivity index (χ0n) is 10.9. The van der Waals surface area contributed by atoms with Gasteiger partial charge in [-0.3, -0.25) is 0 Å². The van der Waals surface area contributed by atoms with Gasteiger partial charge in [0.25, 0.3) is 0 Å². The first-order valence-corrected chi connectivity index (χ1v) is 7.12. The van der Waals surface area contributed by atoms with Gasteiger partial charge in [-0.15, -0.1) is 0 Å². The van der Waals surface area contributed by atoms with E-state index in [0.717, 1.165) is 11.1 Å². The van der Waals surface area contributed by atoms with Crippen LogP contribution in [0, 0.1) is 0 Å². The van der Waals surface area contributed by atoms with Crippen molar-refractivity contribution in [3.05, 3.63) is 59.0 Å². The maximum Gasteiger partial charge on any atom is 0.337 e. The molecule has 0 spiro atoms. The number of anilines is 2. The number of hydrogen-bond donors (Lipinski definition) is 2. The molecule has 0 saturated carbocycles. The summed E-state index contributed by atoms with van der Waals surface area (Å²) in [6.07, 6.45) is 3.19. The highest BCUT2D eigenvalue weighted by Gasteiger charge is 2.13. The van der Waals surface area contributed by atoms with Gasteiger partial charge >= 0.3 is 5.97 Å². The second-order valence-corrected chi connectivity index (χ2v) is 5.05. The van der Waals surface area contributed by atoms with Crippen molar-refractivity contribution >= 4 is 28.9 Å². The lowest BCUT2D eigenvalue weighted by Gasteiger charge is -2.09. The standard InChI is InChI=1S/C15H11N3O2S/c19-14(20)12-8-10(11-4-7-21-9-11)2-3-13(12)18-15-16-5-1-6-17-15/h1-9H,(H,19,20)(H,16,17,18). The van der Waals surface area contributed by atoms with Gasteiger partial charge in [-0.1, -0.05) is 6.07 Å². The third-order valence-corrected chi connectivity index (χ3v) is 3.60. The molecule has 0 aliphatic heterocycles. The number of carbonyl (C=O) groups is 1. The van der Waals surface area contributed by atoms with Crippen LogP contribution >= 0.6 is 11.3 Å². The molecule has 0 saturated heterocycles. The number of nitrogens with zero attached hydrogens (tertiary/aromatic N) is 2. The van der Waals surface area contributed by atoms with E-state index in [-0.39, 0.29) is 5.56 Å². The molecular weight excluding hydrogens is 286 g/mol. The SMILES string of the molecule is O=C(O)c1cc(-c2ccsc2)ccc1Nc1ncccn1. The summed E-state index contributed by atoms with van der Waals surface area (Å²) in [5.41, 5.74) is 2.53. The molecule has 0 atom stereocenters. The highest BCUT2D eigenvalue weighted by molar-refractivity contribution is 7.08. The number of rotatable bonds is 4. The van der Waals surface area contributed by atoms with Gasteiger partial charge in [0.15, 0.2) is 0 Å². The number of carboxylic acid groups (broad SMARTS) is 1. The molecule has 0 radical (unpaired) electrons. The Bertz CT molecular complexity index is 758. The van der Waals surface area contributed by atoms with Crippen LogP contribution in [0.15, 0.2) is 53.5 Å². The molecule has 21 heavy (non-hydrogen) atoms. The lowest BCUT2D eigenvalue weighted by Crippen LogP contribution is -2.04. The Morgan fingerprint density at radius 1 is 1.14 bits per heavy atom. The Morgan fingerprint density at radius 3 is 2.62 bits per heavy atom. The Morgan fingerprint density at radius 2 is 1.95 bits per heavy atom. The number of nitrogens with one attached hydrogen (secondary N) is 1. The van der Waals surface area contributed by atoms with Crippen LogP contribution in [0.4, 0.5) is 11.6 Å². The number of carboxylic acids is 1. The third-order valence-electron chi connectivity index (χ3n) is 2.92. The second-order valence-electron chi connectivity index (χ2n) is 4.27. The molecule has 2 aromatic heterocycles. The summed E-state index contributed by atoms with van der Waals surface area (Å²) < 4.78 is 0. The molecule has 2 N–H and O–H groups in total. The van der Waals surface area contributed by atoms with E-state index in [1.807, 2.05) is 22.9 Å². The Balaban J connectivity index is 1.99. The molecule has 2 heterocycles. The van der Waals surface area contributed by atoms with Crippen molar-refractivity contribution in [3.8, 4) is 11.1 Å². The van der Waals surface area contributed by atoms with Gasteiger partial charge in [0.1, 0.15) is 0 Å². The normalized spacial score (nSPS) is 10.3. The first kappa shape index (κ1) is 13.3. The van der Waals surface area contributed by atoms with Gasteiger partial charge < -0.3 is 10.4 Å². The van der Waals surface area contributed by atoms with Crippen LogP contribution in [0.25, 0.3) is 11.1 Å². The molecule has 0 amide bonds. The van der Waals surface area contributed by atoms with Crippen LogP contribution in [0.2, 0.25) is 0 Å². The summed E-state index contributed by atoms with van der Waals surface area (Å²) in [5.74, 6) is -0.631. The predicted octanol–water partition coefficient (Wildman–Crippen LogP) is 3.65. The summed E-state index contributed by atoms with van der Waals surface area (Å²) in [6.45, 7) is 0. The Hall–Kier alpha value is -2.73. The highest BCUT2D eigenvalue weighted by atomic mass is 32.1. The fourth-order valence-corrected chi connectivity index (χ4v) is 2.59. The maximum absolute atomic E-state index is 11.5. The lowest BCUT2D eigenvalue weighted by molar-refractivity contribution is 0.0698. The summed E-state index contributed by atoms with van der Waals surface area (Å²) in [6, 6.07) is 8.91. The van der Waals surface area contributed by atoms with Crippen LogP contribution in [0.1, 0.15) is 10.4 Å². The minimum Gasteiger partial charge on any atom is -0.478 e. The fourth-order valence-electron chi connectivity index (χ4n) is 1.92. The molecule has 3 aromatic rings. The minimum absolute atomic E-state index is 0.186.